The minimum absolute atomic E-state index is 0.0581. The van der Waals surface area contributed by atoms with Gasteiger partial charge in [0.25, 0.3) is 5.91 Å². The molecule has 1 aromatic heterocycles. The number of aromatic nitrogens is 2. The topological polar surface area (TPSA) is 70.2 Å². The van der Waals surface area contributed by atoms with Crippen molar-refractivity contribution in [1.82, 2.24) is 20.2 Å². The molecule has 1 fully saturated rings. The molecule has 2 atom stereocenters. The molecule has 3 aromatic rings. The molecule has 2 heterocycles. The summed E-state index contributed by atoms with van der Waals surface area (Å²) in [5.41, 5.74) is 3.27. The third-order valence-electron chi connectivity index (χ3n) is 5.03. The first-order valence-electron chi connectivity index (χ1n) is 9.99. The number of rotatable bonds is 4. The molecule has 154 valence electrons. The standard InChI is InChI=1S/C23H24ClN5O/c1-15-13-29(14-16(2)26-15)22(30)18-5-9-20(10-6-18)27-23-25-12-11-21(28-23)17-3-7-19(24)8-4-17/h3-12,15-16,26H,13-14H2,1-2H3,(H,25,27,28)/t15-,16+. The van der Waals surface area contributed by atoms with Crippen molar-refractivity contribution in [2.75, 3.05) is 18.4 Å². The zero-order chi connectivity index (χ0) is 21.1. The average Bonchev–Trinajstić information content (AvgIpc) is 2.74. The Kier molecular flexibility index (Phi) is 5.97. The summed E-state index contributed by atoms with van der Waals surface area (Å²) in [6.45, 7) is 5.63. The molecule has 0 bridgehead atoms. The van der Waals surface area contributed by atoms with Crippen molar-refractivity contribution >= 4 is 29.1 Å². The van der Waals surface area contributed by atoms with E-state index in [-0.39, 0.29) is 5.91 Å². The molecule has 7 heteroatoms. The SMILES string of the molecule is C[C@@H]1CN(C(=O)c2ccc(Nc3nccc(-c4ccc(Cl)cc4)n3)cc2)C[C@H](C)N1. The van der Waals surface area contributed by atoms with Crippen LogP contribution in [-0.4, -0.2) is 45.9 Å². The fourth-order valence-corrected chi connectivity index (χ4v) is 3.83. The fraction of sp³-hybridized carbons (Fsp3) is 0.261. The normalized spacial score (nSPS) is 18.8. The van der Waals surface area contributed by atoms with Crippen LogP contribution in [0.25, 0.3) is 11.3 Å². The summed E-state index contributed by atoms with van der Waals surface area (Å²) >= 11 is 5.96. The molecule has 0 spiro atoms. The van der Waals surface area contributed by atoms with Crippen molar-refractivity contribution in [3.05, 3.63) is 71.4 Å². The van der Waals surface area contributed by atoms with E-state index in [0.717, 1.165) is 16.9 Å². The molecule has 30 heavy (non-hydrogen) atoms. The highest BCUT2D eigenvalue weighted by Crippen LogP contribution is 2.22. The van der Waals surface area contributed by atoms with Gasteiger partial charge in [0.1, 0.15) is 0 Å². The van der Waals surface area contributed by atoms with E-state index in [4.69, 9.17) is 11.6 Å². The van der Waals surface area contributed by atoms with Gasteiger partial charge in [-0.1, -0.05) is 23.7 Å². The van der Waals surface area contributed by atoms with Crippen LogP contribution in [0.2, 0.25) is 5.02 Å². The van der Waals surface area contributed by atoms with Crippen molar-refractivity contribution in [2.45, 2.75) is 25.9 Å². The van der Waals surface area contributed by atoms with E-state index in [1.807, 2.05) is 59.5 Å². The predicted octanol–water partition coefficient (Wildman–Crippen LogP) is 4.36. The smallest absolute Gasteiger partial charge is 0.253 e. The highest BCUT2D eigenvalue weighted by Gasteiger charge is 2.25. The summed E-state index contributed by atoms with van der Waals surface area (Å²) in [5.74, 6) is 0.550. The Morgan fingerprint density at radius 3 is 2.37 bits per heavy atom. The second kappa shape index (κ2) is 8.81. The first-order valence-corrected chi connectivity index (χ1v) is 10.4. The maximum Gasteiger partial charge on any atom is 0.253 e. The van der Waals surface area contributed by atoms with Gasteiger partial charge in [-0.2, -0.15) is 0 Å². The van der Waals surface area contributed by atoms with Crippen LogP contribution in [0.5, 0.6) is 0 Å². The van der Waals surface area contributed by atoms with Crippen LogP contribution in [0.1, 0.15) is 24.2 Å². The lowest BCUT2D eigenvalue weighted by Crippen LogP contribution is -2.55. The Balaban J connectivity index is 1.45. The lowest BCUT2D eigenvalue weighted by Gasteiger charge is -2.36. The van der Waals surface area contributed by atoms with E-state index in [9.17, 15) is 4.79 Å². The maximum absolute atomic E-state index is 12.8. The molecule has 1 aliphatic rings. The average molecular weight is 422 g/mol. The Hall–Kier alpha value is -2.96. The molecule has 1 amide bonds. The number of nitrogens with zero attached hydrogens (tertiary/aromatic N) is 3. The van der Waals surface area contributed by atoms with Gasteiger partial charge in [-0.3, -0.25) is 4.79 Å². The number of benzene rings is 2. The Morgan fingerprint density at radius 1 is 1.03 bits per heavy atom. The first kappa shape index (κ1) is 20.3. The Labute approximate surface area is 181 Å². The van der Waals surface area contributed by atoms with Gasteiger partial charge in [-0.15, -0.1) is 0 Å². The third-order valence-corrected chi connectivity index (χ3v) is 5.28. The van der Waals surface area contributed by atoms with Gasteiger partial charge in [0, 0.05) is 53.2 Å². The zero-order valence-electron chi connectivity index (χ0n) is 17.0. The van der Waals surface area contributed by atoms with Crippen LogP contribution >= 0.6 is 11.6 Å². The van der Waals surface area contributed by atoms with E-state index in [0.29, 0.717) is 41.7 Å². The summed E-state index contributed by atoms with van der Waals surface area (Å²) in [6, 6.07) is 17.4. The first-order chi connectivity index (χ1) is 14.5. The lowest BCUT2D eigenvalue weighted by molar-refractivity contribution is 0.0674. The van der Waals surface area contributed by atoms with Gasteiger partial charge in [0.15, 0.2) is 0 Å². The van der Waals surface area contributed by atoms with Crippen molar-refractivity contribution in [3.8, 4) is 11.3 Å². The number of anilines is 2. The number of hydrogen-bond donors (Lipinski definition) is 2. The van der Waals surface area contributed by atoms with E-state index in [2.05, 4.69) is 34.4 Å². The zero-order valence-corrected chi connectivity index (χ0v) is 17.7. The van der Waals surface area contributed by atoms with Crippen LogP contribution in [-0.2, 0) is 0 Å². The Bertz CT molecular complexity index is 1010. The van der Waals surface area contributed by atoms with Gasteiger partial charge in [-0.25, -0.2) is 9.97 Å². The van der Waals surface area contributed by atoms with E-state index in [1.54, 1.807) is 6.20 Å². The molecule has 2 aromatic carbocycles. The van der Waals surface area contributed by atoms with Crippen LogP contribution in [0.3, 0.4) is 0 Å². The van der Waals surface area contributed by atoms with Crippen LogP contribution in [0.15, 0.2) is 60.8 Å². The fourth-order valence-electron chi connectivity index (χ4n) is 3.70. The molecule has 0 unspecified atom stereocenters. The number of piperazine rings is 1. The summed E-state index contributed by atoms with van der Waals surface area (Å²) < 4.78 is 0. The largest absolute Gasteiger partial charge is 0.336 e. The van der Waals surface area contributed by atoms with E-state index < -0.39 is 0 Å². The molecule has 4 rings (SSSR count). The number of carbonyl (C=O) groups excluding carboxylic acids is 1. The van der Waals surface area contributed by atoms with Crippen LogP contribution in [0, 0.1) is 0 Å². The quantitative estimate of drug-likeness (QED) is 0.654. The number of halogens is 1. The summed E-state index contributed by atoms with van der Waals surface area (Å²) in [5, 5.41) is 7.33. The monoisotopic (exact) mass is 421 g/mol. The highest BCUT2D eigenvalue weighted by molar-refractivity contribution is 6.30. The molecule has 2 N–H and O–H groups in total. The van der Waals surface area contributed by atoms with Crippen molar-refractivity contribution in [1.29, 1.82) is 0 Å². The molecular weight excluding hydrogens is 398 g/mol. The van der Waals surface area contributed by atoms with Gasteiger partial charge in [0.2, 0.25) is 5.95 Å². The van der Waals surface area contributed by atoms with Crippen LogP contribution < -0.4 is 10.6 Å². The molecule has 0 radical (unpaired) electrons. The number of hydrogen-bond acceptors (Lipinski definition) is 5. The number of nitrogens with one attached hydrogen (secondary N) is 2. The van der Waals surface area contributed by atoms with Gasteiger partial charge in [-0.05, 0) is 56.3 Å². The van der Waals surface area contributed by atoms with Crippen molar-refractivity contribution < 1.29 is 4.79 Å². The van der Waals surface area contributed by atoms with Gasteiger partial charge in [0.05, 0.1) is 5.69 Å². The summed E-state index contributed by atoms with van der Waals surface area (Å²) in [4.78, 5) is 23.6. The predicted molar refractivity (Wildman–Crippen MR) is 120 cm³/mol. The molecule has 0 saturated carbocycles. The highest BCUT2D eigenvalue weighted by atomic mass is 35.5. The maximum atomic E-state index is 12.8. The second-order valence-corrected chi connectivity index (χ2v) is 8.09. The Morgan fingerprint density at radius 2 is 1.70 bits per heavy atom. The molecule has 6 nitrogen and oxygen atoms in total. The molecule has 1 aliphatic heterocycles. The van der Waals surface area contributed by atoms with Crippen molar-refractivity contribution in [2.24, 2.45) is 0 Å². The minimum Gasteiger partial charge on any atom is -0.336 e. The molecular formula is C23H24ClN5O. The third kappa shape index (κ3) is 4.78. The lowest BCUT2D eigenvalue weighted by atomic mass is 10.1. The van der Waals surface area contributed by atoms with E-state index in [1.165, 1.54) is 0 Å². The molecule has 1 saturated heterocycles. The van der Waals surface area contributed by atoms with Crippen LogP contribution in [0.4, 0.5) is 11.6 Å². The van der Waals surface area contributed by atoms with E-state index >= 15 is 0 Å². The summed E-state index contributed by atoms with van der Waals surface area (Å²) in [7, 11) is 0. The number of carbonyl (C=O) groups is 1. The summed E-state index contributed by atoms with van der Waals surface area (Å²) in [6.07, 6.45) is 1.71. The van der Waals surface area contributed by atoms with Gasteiger partial charge < -0.3 is 15.5 Å². The van der Waals surface area contributed by atoms with Gasteiger partial charge >= 0.3 is 0 Å². The molecule has 0 aliphatic carbocycles. The minimum atomic E-state index is 0.0581. The second-order valence-electron chi connectivity index (χ2n) is 7.65. The number of amides is 1. The van der Waals surface area contributed by atoms with Crippen molar-refractivity contribution in [3.63, 3.8) is 0 Å².